The first-order valence-corrected chi connectivity index (χ1v) is 12.9. The summed E-state index contributed by atoms with van der Waals surface area (Å²) < 4.78 is 45.7. The highest BCUT2D eigenvalue weighted by Crippen LogP contribution is 2.25. The van der Waals surface area contributed by atoms with Crippen molar-refractivity contribution in [1.82, 2.24) is 0 Å². The normalized spacial score (nSPS) is 10.2. The van der Waals surface area contributed by atoms with Gasteiger partial charge in [-0.05, 0) is 74.5 Å². The molecule has 11 heteroatoms. The third kappa shape index (κ3) is 10.2. The molecule has 0 bridgehead atoms. The minimum atomic E-state index is -0.918. The smallest absolute Gasteiger partial charge is 0.343 e. The molecule has 224 valence electrons. The number of hydrogen-bond acceptors (Lipinski definition) is 10. The van der Waals surface area contributed by atoms with Gasteiger partial charge in [0.25, 0.3) is 0 Å². The second-order valence-corrected chi connectivity index (χ2v) is 8.95. The number of ether oxygens (including phenoxy) is 6. The Hall–Kier alpha value is -5.45. The molecule has 0 spiro atoms. The van der Waals surface area contributed by atoms with Crippen molar-refractivity contribution in [2.75, 3.05) is 26.4 Å². The molecular formula is C32H29FO10. The lowest BCUT2D eigenvalue weighted by Gasteiger charge is -2.10. The van der Waals surface area contributed by atoms with E-state index in [9.17, 15) is 23.6 Å². The molecule has 0 aliphatic carbocycles. The van der Waals surface area contributed by atoms with Crippen LogP contribution in [0.2, 0.25) is 0 Å². The number of carbonyl (C=O) groups is 4. The Balaban J connectivity index is 1.47. The van der Waals surface area contributed by atoms with Gasteiger partial charge in [0.05, 0.1) is 11.1 Å². The van der Waals surface area contributed by atoms with Crippen molar-refractivity contribution in [3.63, 3.8) is 0 Å². The molecule has 0 fully saturated rings. The van der Waals surface area contributed by atoms with E-state index in [1.165, 1.54) is 68.4 Å². The summed E-state index contributed by atoms with van der Waals surface area (Å²) in [6.07, 6.45) is 0. The molecule has 0 amide bonds. The minimum Gasteiger partial charge on any atom is -0.490 e. The number of halogens is 1. The minimum absolute atomic E-state index is 0.0269. The first kappa shape index (κ1) is 32.1. The molecule has 0 aliphatic heterocycles. The quantitative estimate of drug-likeness (QED) is 0.106. The molecule has 3 aromatic rings. The monoisotopic (exact) mass is 592 g/mol. The van der Waals surface area contributed by atoms with Crippen LogP contribution in [0.3, 0.4) is 0 Å². The molecule has 3 aromatic carbocycles. The van der Waals surface area contributed by atoms with E-state index in [0.29, 0.717) is 11.5 Å². The van der Waals surface area contributed by atoms with Crippen molar-refractivity contribution in [3.05, 3.63) is 108 Å². The summed E-state index contributed by atoms with van der Waals surface area (Å²) in [7, 11) is 0. The summed E-state index contributed by atoms with van der Waals surface area (Å²) >= 11 is 0. The van der Waals surface area contributed by atoms with Crippen LogP contribution in [-0.4, -0.2) is 50.3 Å². The number of hydrogen-bond donors (Lipinski definition) is 0. The second-order valence-electron chi connectivity index (χ2n) is 8.95. The van der Waals surface area contributed by atoms with Crippen LogP contribution in [-0.2, 0) is 19.1 Å². The van der Waals surface area contributed by atoms with E-state index in [0.717, 1.165) is 12.1 Å². The van der Waals surface area contributed by atoms with Gasteiger partial charge in [-0.15, -0.1) is 0 Å². The Morgan fingerprint density at radius 2 is 1.02 bits per heavy atom. The largest absolute Gasteiger partial charge is 0.490 e. The number of carbonyl (C=O) groups excluding carboxylic acids is 4. The van der Waals surface area contributed by atoms with Gasteiger partial charge in [0, 0.05) is 17.2 Å². The topological polar surface area (TPSA) is 124 Å². The van der Waals surface area contributed by atoms with Crippen molar-refractivity contribution in [2.45, 2.75) is 13.8 Å². The first-order valence-electron chi connectivity index (χ1n) is 12.9. The van der Waals surface area contributed by atoms with Gasteiger partial charge in [-0.2, -0.15) is 0 Å². The highest BCUT2D eigenvalue weighted by Gasteiger charge is 2.15. The lowest BCUT2D eigenvalue weighted by Crippen LogP contribution is -2.13. The van der Waals surface area contributed by atoms with Gasteiger partial charge >= 0.3 is 23.9 Å². The SMILES string of the molecule is C=C(C)C(=O)OCCOc1ccc(C(=O)Oc2ccc(OC(=O)c3ccc(OCCOC(=O)C(=C)C)cc3)c(F)c2)cc1. The molecule has 0 aliphatic rings. The van der Waals surface area contributed by atoms with Crippen molar-refractivity contribution in [2.24, 2.45) is 0 Å². The Bertz CT molecular complexity index is 1490. The highest BCUT2D eigenvalue weighted by molar-refractivity contribution is 5.92. The standard InChI is InChI=1S/C32H29FO10/c1-20(2)29(34)40-17-15-38-24-9-5-22(6-10-24)31(36)42-26-13-14-28(27(33)19-26)43-32(37)23-7-11-25(12-8-23)39-16-18-41-30(35)21(3)4/h5-14,19H,1,3,15-18H2,2,4H3. The van der Waals surface area contributed by atoms with E-state index in [2.05, 4.69) is 13.2 Å². The Kier molecular flexibility index (Phi) is 11.6. The molecular weight excluding hydrogens is 563 g/mol. The van der Waals surface area contributed by atoms with Gasteiger partial charge in [0.1, 0.15) is 43.7 Å². The molecule has 0 saturated heterocycles. The van der Waals surface area contributed by atoms with Gasteiger partial charge in [-0.3, -0.25) is 0 Å². The van der Waals surface area contributed by atoms with Crippen LogP contribution < -0.4 is 18.9 Å². The van der Waals surface area contributed by atoms with Crippen LogP contribution in [0.4, 0.5) is 4.39 Å². The van der Waals surface area contributed by atoms with E-state index in [4.69, 9.17) is 28.4 Å². The molecule has 0 N–H and O–H groups in total. The highest BCUT2D eigenvalue weighted by atomic mass is 19.1. The lowest BCUT2D eigenvalue weighted by atomic mass is 10.2. The van der Waals surface area contributed by atoms with Gasteiger partial charge in [-0.25, -0.2) is 23.6 Å². The third-order valence-electron chi connectivity index (χ3n) is 5.36. The predicted molar refractivity (Wildman–Crippen MR) is 152 cm³/mol. The summed E-state index contributed by atoms with van der Waals surface area (Å²) in [6.45, 7) is 10.3. The third-order valence-corrected chi connectivity index (χ3v) is 5.36. The fourth-order valence-corrected chi connectivity index (χ4v) is 3.16. The molecule has 0 radical (unpaired) electrons. The zero-order chi connectivity index (χ0) is 31.4. The summed E-state index contributed by atoms with van der Waals surface area (Å²) in [5, 5.41) is 0. The van der Waals surface area contributed by atoms with Crippen LogP contribution in [0.15, 0.2) is 91.0 Å². The molecule has 0 unspecified atom stereocenters. The number of esters is 4. The Labute approximate surface area is 247 Å². The van der Waals surface area contributed by atoms with Gasteiger partial charge in [-0.1, -0.05) is 13.2 Å². The lowest BCUT2D eigenvalue weighted by molar-refractivity contribution is -0.140. The van der Waals surface area contributed by atoms with Crippen LogP contribution in [0.5, 0.6) is 23.0 Å². The molecule has 0 aromatic heterocycles. The Morgan fingerprint density at radius 3 is 1.44 bits per heavy atom. The molecule has 43 heavy (non-hydrogen) atoms. The molecule has 0 saturated carbocycles. The van der Waals surface area contributed by atoms with Crippen molar-refractivity contribution >= 4 is 23.9 Å². The van der Waals surface area contributed by atoms with Gasteiger partial charge in [0.15, 0.2) is 11.6 Å². The maximum absolute atomic E-state index is 14.6. The molecule has 0 atom stereocenters. The van der Waals surface area contributed by atoms with Crippen LogP contribution in [0.1, 0.15) is 34.6 Å². The van der Waals surface area contributed by atoms with E-state index in [-0.39, 0.29) is 60.2 Å². The molecule has 0 heterocycles. The molecule has 10 nitrogen and oxygen atoms in total. The summed E-state index contributed by atoms with van der Waals surface area (Å²) in [5.74, 6) is -3.12. The van der Waals surface area contributed by atoms with Gasteiger partial charge < -0.3 is 28.4 Å². The van der Waals surface area contributed by atoms with Crippen LogP contribution in [0.25, 0.3) is 0 Å². The summed E-state index contributed by atoms with van der Waals surface area (Å²) in [5.41, 5.74) is 0.877. The second kappa shape index (κ2) is 15.5. The molecule has 3 rings (SSSR count). The van der Waals surface area contributed by atoms with Crippen molar-refractivity contribution in [1.29, 1.82) is 0 Å². The zero-order valence-electron chi connectivity index (χ0n) is 23.6. The van der Waals surface area contributed by atoms with E-state index < -0.39 is 29.7 Å². The Morgan fingerprint density at radius 1 is 0.605 bits per heavy atom. The van der Waals surface area contributed by atoms with Crippen molar-refractivity contribution < 1.29 is 52.0 Å². The van der Waals surface area contributed by atoms with Crippen LogP contribution >= 0.6 is 0 Å². The zero-order valence-corrected chi connectivity index (χ0v) is 23.6. The van der Waals surface area contributed by atoms with E-state index in [1.54, 1.807) is 0 Å². The number of rotatable bonds is 14. The fraction of sp³-hybridized carbons (Fsp3) is 0.188. The fourth-order valence-electron chi connectivity index (χ4n) is 3.16. The van der Waals surface area contributed by atoms with Crippen molar-refractivity contribution in [3.8, 4) is 23.0 Å². The maximum atomic E-state index is 14.6. The summed E-state index contributed by atoms with van der Waals surface area (Å²) in [4.78, 5) is 47.7. The maximum Gasteiger partial charge on any atom is 0.343 e. The average molecular weight is 593 g/mol. The summed E-state index contributed by atoms with van der Waals surface area (Å²) in [6, 6.07) is 15.2. The van der Waals surface area contributed by atoms with E-state index >= 15 is 0 Å². The first-order chi connectivity index (χ1) is 20.5. The van der Waals surface area contributed by atoms with Crippen LogP contribution in [0, 0.1) is 5.82 Å². The predicted octanol–water partition coefficient (Wildman–Crippen LogP) is 5.26. The van der Waals surface area contributed by atoms with Gasteiger partial charge in [0.2, 0.25) is 0 Å². The van der Waals surface area contributed by atoms with E-state index in [1.807, 2.05) is 0 Å². The number of benzene rings is 3. The average Bonchev–Trinajstić information content (AvgIpc) is 2.99.